The molecule has 0 saturated carbocycles. The lowest BCUT2D eigenvalue weighted by molar-refractivity contribution is 0.0924. The summed E-state index contributed by atoms with van der Waals surface area (Å²) in [5.41, 5.74) is 2.08. The van der Waals surface area contributed by atoms with Crippen molar-refractivity contribution in [2.75, 3.05) is 11.9 Å². The van der Waals surface area contributed by atoms with E-state index < -0.39 is 0 Å². The predicted octanol–water partition coefficient (Wildman–Crippen LogP) is 1.60. The van der Waals surface area contributed by atoms with E-state index in [1.165, 1.54) is 11.1 Å². The van der Waals surface area contributed by atoms with Crippen LogP contribution in [0.1, 0.15) is 26.4 Å². The van der Waals surface area contributed by atoms with Crippen LogP contribution in [0.2, 0.25) is 0 Å². The number of pyridine rings is 1. The predicted molar refractivity (Wildman–Crippen MR) is 74.6 cm³/mol. The normalized spacial score (nSPS) is 13.8. The van der Waals surface area contributed by atoms with Gasteiger partial charge in [0.25, 0.3) is 11.8 Å². The molecule has 1 aliphatic rings. The molecule has 0 saturated heterocycles. The van der Waals surface area contributed by atoms with E-state index >= 15 is 0 Å². The molecule has 2 aromatic rings. The first-order valence-electron chi connectivity index (χ1n) is 6.30. The average Bonchev–Trinajstić information content (AvgIpc) is 2.73. The molecule has 1 aliphatic heterocycles. The molecule has 1 aromatic heterocycles. The minimum absolute atomic E-state index is 0.219. The molecule has 0 spiro atoms. The highest BCUT2D eigenvalue weighted by atomic mass is 16.2. The number of rotatable bonds is 3. The molecule has 0 aliphatic carbocycles. The second kappa shape index (κ2) is 4.86. The Balaban J connectivity index is 2.10. The summed E-state index contributed by atoms with van der Waals surface area (Å²) in [4.78, 5) is 30.0. The van der Waals surface area contributed by atoms with Gasteiger partial charge in [-0.1, -0.05) is 18.2 Å². The average molecular weight is 267 g/mol. The fourth-order valence-electron chi connectivity index (χ4n) is 2.35. The summed E-state index contributed by atoms with van der Waals surface area (Å²) in [7, 11) is 1.82. The van der Waals surface area contributed by atoms with E-state index in [9.17, 15) is 9.59 Å². The first-order chi connectivity index (χ1) is 9.74. The molecule has 2 amide bonds. The van der Waals surface area contributed by atoms with Crippen molar-refractivity contribution in [1.82, 2.24) is 10.3 Å². The van der Waals surface area contributed by atoms with Crippen molar-refractivity contribution in [3.05, 3.63) is 59.4 Å². The Morgan fingerprint density at radius 1 is 1.10 bits per heavy atom. The van der Waals surface area contributed by atoms with Gasteiger partial charge in [-0.2, -0.15) is 0 Å². The van der Waals surface area contributed by atoms with Crippen LogP contribution in [-0.4, -0.2) is 23.8 Å². The van der Waals surface area contributed by atoms with Crippen molar-refractivity contribution in [3.8, 4) is 0 Å². The number of carbonyl (C=O) groups excluding carboxylic acids is 2. The van der Waals surface area contributed by atoms with Crippen molar-refractivity contribution in [1.29, 1.82) is 0 Å². The van der Waals surface area contributed by atoms with Crippen LogP contribution < -0.4 is 10.2 Å². The Morgan fingerprint density at radius 3 is 2.65 bits per heavy atom. The Morgan fingerprint density at radius 2 is 1.90 bits per heavy atom. The van der Waals surface area contributed by atoms with Gasteiger partial charge in [0.1, 0.15) is 5.69 Å². The van der Waals surface area contributed by atoms with Crippen LogP contribution in [0.4, 0.5) is 5.69 Å². The number of para-hydroxylation sites is 1. The van der Waals surface area contributed by atoms with Crippen molar-refractivity contribution in [2.45, 2.75) is 6.54 Å². The summed E-state index contributed by atoms with van der Waals surface area (Å²) in [6.45, 7) is 0.580. The minimum Gasteiger partial charge on any atom is -0.316 e. The lowest BCUT2D eigenvalue weighted by atomic mass is 10.1. The standard InChI is InChI=1S/C15H13N3O2/c1-16-9-10-5-2-3-7-12(10)18-14(19)11-6-4-8-17-13(11)15(18)20/h2-8,16H,9H2,1H3. The molecule has 3 rings (SSSR count). The van der Waals surface area contributed by atoms with Gasteiger partial charge in [0, 0.05) is 12.7 Å². The molecule has 5 heteroatoms. The smallest absolute Gasteiger partial charge is 0.284 e. The third kappa shape index (κ3) is 1.80. The van der Waals surface area contributed by atoms with Crippen LogP contribution in [0.15, 0.2) is 42.6 Å². The number of aromatic nitrogens is 1. The Kier molecular flexibility index (Phi) is 3.04. The zero-order chi connectivity index (χ0) is 14.1. The third-order valence-corrected chi connectivity index (χ3v) is 3.25. The summed E-state index contributed by atoms with van der Waals surface area (Å²) in [6.07, 6.45) is 1.52. The third-order valence-electron chi connectivity index (χ3n) is 3.25. The number of imide groups is 1. The summed E-state index contributed by atoms with van der Waals surface area (Å²) >= 11 is 0. The van der Waals surface area contributed by atoms with Gasteiger partial charge < -0.3 is 5.32 Å². The maximum absolute atomic E-state index is 12.4. The van der Waals surface area contributed by atoms with E-state index in [0.717, 1.165) is 5.56 Å². The summed E-state index contributed by atoms with van der Waals surface area (Å²) in [6, 6.07) is 10.6. The molecule has 0 atom stereocenters. The number of fused-ring (bicyclic) bond motifs is 1. The molecule has 2 heterocycles. The maximum Gasteiger partial charge on any atom is 0.284 e. The largest absolute Gasteiger partial charge is 0.316 e. The van der Waals surface area contributed by atoms with Gasteiger partial charge in [-0.3, -0.25) is 14.6 Å². The van der Waals surface area contributed by atoms with E-state index in [1.807, 2.05) is 25.2 Å². The fourth-order valence-corrected chi connectivity index (χ4v) is 2.35. The highest BCUT2D eigenvalue weighted by Crippen LogP contribution is 2.29. The van der Waals surface area contributed by atoms with Crippen molar-refractivity contribution >= 4 is 17.5 Å². The van der Waals surface area contributed by atoms with E-state index in [-0.39, 0.29) is 17.5 Å². The second-order valence-electron chi connectivity index (χ2n) is 4.50. The molecule has 5 nitrogen and oxygen atoms in total. The number of benzene rings is 1. The van der Waals surface area contributed by atoms with Crippen LogP contribution in [-0.2, 0) is 6.54 Å². The fraction of sp³-hybridized carbons (Fsp3) is 0.133. The van der Waals surface area contributed by atoms with Crippen LogP contribution in [0.25, 0.3) is 0 Å². The Labute approximate surface area is 116 Å². The van der Waals surface area contributed by atoms with E-state index in [0.29, 0.717) is 17.8 Å². The van der Waals surface area contributed by atoms with Crippen LogP contribution >= 0.6 is 0 Å². The van der Waals surface area contributed by atoms with Gasteiger partial charge in [-0.05, 0) is 30.8 Å². The van der Waals surface area contributed by atoms with Gasteiger partial charge >= 0.3 is 0 Å². The number of hydrogen-bond donors (Lipinski definition) is 1. The molecule has 20 heavy (non-hydrogen) atoms. The highest BCUT2D eigenvalue weighted by Gasteiger charge is 2.38. The lowest BCUT2D eigenvalue weighted by Gasteiger charge is -2.17. The topological polar surface area (TPSA) is 62.3 Å². The zero-order valence-corrected chi connectivity index (χ0v) is 11.0. The first kappa shape index (κ1) is 12.5. The highest BCUT2D eigenvalue weighted by molar-refractivity contribution is 6.33. The Hall–Kier alpha value is -2.53. The van der Waals surface area contributed by atoms with Gasteiger partial charge in [-0.25, -0.2) is 4.90 Å². The Bertz CT molecular complexity index is 662. The monoisotopic (exact) mass is 267 g/mol. The summed E-state index contributed by atoms with van der Waals surface area (Å²) in [5.74, 6) is -0.684. The molecule has 0 unspecified atom stereocenters. The number of nitrogens with one attached hydrogen (secondary N) is 1. The molecule has 1 N–H and O–H groups in total. The molecule has 0 radical (unpaired) electrons. The second-order valence-corrected chi connectivity index (χ2v) is 4.50. The molecule has 1 aromatic carbocycles. The summed E-state index contributed by atoms with van der Waals surface area (Å²) in [5, 5.41) is 3.03. The molecular formula is C15H13N3O2. The quantitative estimate of drug-likeness (QED) is 0.858. The van der Waals surface area contributed by atoms with Gasteiger partial charge in [0.15, 0.2) is 0 Å². The zero-order valence-electron chi connectivity index (χ0n) is 11.0. The number of anilines is 1. The molecule has 0 bridgehead atoms. The summed E-state index contributed by atoms with van der Waals surface area (Å²) < 4.78 is 0. The van der Waals surface area contributed by atoms with Crippen molar-refractivity contribution < 1.29 is 9.59 Å². The van der Waals surface area contributed by atoms with E-state index in [4.69, 9.17) is 0 Å². The lowest BCUT2D eigenvalue weighted by Crippen LogP contribution is -2.31. The van der Waals surface area contributed by atoms with Crippen molar-refractivity contribution in [3.63, 3.8) is 0 Å². The molecule has 0 fully saturated rings. The molecular weight excluding hydrogens is 254 g/mol. The molecule has 100 valence electrons. The van der Waals surface area contributed by atoms with Gasteiger partial charge in [0.2, 0.25) is 0 Å². The van der Waals surface area contributed by atoms with Crippen LogP contribution in [0, 0.1) is 0 Å². The van der Waals surface area contributed by atoms with Crippen LogP contribution in [0.5, 0.6) is 0 Å². The first-order valence-corrected chi connectivity index (χ1v) is 6.30. The van der Waals surface area contributed by atoms with Crippen LogP contribution in [0.3, 0.4) is 0 Å². The number of amides is 2. The number of nitrogens with zero attached hydrogens (tertiary/aromatic N) is 2. The van der Waals surface area contributed by atoms with E-state index in [2.05, 4.69) is 10.3 Å². The van der Waals surface area contributed by atoms with Crippen molar-refractivity contribution in [2.24, 2.45) is 0 Å². The van der Waals surface area contributed by atoms with Gasteiger partial charge in [-0.15, -0.1) is 0 Å². The minimum atomic E-state index is -0.367. The van der Waals surface area contributed by atoms with Gasteiger partial charge in [0.05, 0.1) is 11.3 Å². The van der Waals surface area contributed by atoms with E-state index in [1.54, 1.807) is 18.2 Å². The number of hydrogen-bond acceptors (Lipinski definition) is 4. The maximum atomic E-state index is 12.4. The SMILES string of the molecule is CNCc1ccccc1N1C(=O)c2cccnc2C1=O. The number of carbonyl (C=O) groups is 2.